The van der Waals surface area contributed by atoms with Gasteiger partial charge in [0.2, 0.25) is 5.91 Å². The third kappa shape index (κ3) is 2.81. The van der Waals surface area contributed by atoms with Gasteiger partial charge in [-0.15, -0.1) is 5.10 Å². The van der Waals surface area contributed by atoms with Gasteiger partial charge >= 0.3 is 0 Å². The minimum Gasteiger partial charge on any atom is -0.325 e. The van der Waals surface area contributed by atoms with E-state index in [0.29, 0.717) is 5.02 Å². The van der Waals surface area contributed by atoms with E-state index in [1.54, 1.807) is 0 Å². The van der Waals surface area contributed by atoms with E-state index >= 15 is 0 Å². The average Bonchev–Trinajstić information content (AvgIpc) is 3.23. The van der Waals surface area contributed by atoms with Crippen LogP contribution in [0.15, 0.2) is 53.9 Å². The zero-order chi connectivity index (χ0) is 16.6. The first-order valence-corrected chi connectivity index (χ1v) is 8.84. The second-order valence-electron chi connectivity index (χ2n) is 5.91. The van der Waals surface area contributed by atoms with E-state index in [4.69, 9.17) is 11.6 Å². The van der Waals surface area contributed by atoms with E-state index < -0.39 is 5.41 Å². The first-order chi connectivity index (χ1) is 11.7. The largest absolute Gasteiger partial charge is 0.325 e. The zero-order valence-electron chi connectivity index (χ0n) is 12.7. The van der Waals surface area contributed by atoms with Gasteiger partial charge in [0, 0.05) is 21.7 Å². The van der Waals surface area contributed by atoms with Crippen LogP contribution < -0.4 is 5.32 Å². The highest BCUT2D eigenvalue weighted by molar-refractivity contribution is 7.03. The number of carbonyl (C=O) groups excluding carboxylic acids is 1. The second-order valence-corrected chi connectivity index (χ2v) is 6.96. The van der Waals surface area contributed by atoms with Crippen LogP contribution in [0.25, 0.3) is 11.3 Å². The molecule has 2 aromatic carbocycles. The van der Waals surface area contributed by atoms with Crippen LogP contribution in [-0.2, 0) is 10.2 Å². The average molecular weight is 356 g/mol. The van der Waals surface area contributed by atoms with Crippen molar-refractivity contribution in [2.75, 3.05) is 5.32 Å². The summed E-state index contributed by atoms with van der Waals surface area (Å²) in [6.45, 7) is 0. The summed E-state index contributed by atoms with van der Waals surface area (Å²) >= 11 is 7.39. The lowest BCUT2D eigenvalue weighted by Gasteiger charge is -2.16. The number of anilines is 1. The Bertz CT molecular complexity index is 874. The van der Waals surface area contributed by atoms with Crippen LogP contribution in [0.3, 0.4) is 0 Å². The molecule has 1 aliphatic rings. The summed E-state index contributed by atoms with van der Waals surface area (Å²) in [7, 11) is 0. The molecule has 4 rings (SSSR count). The topological polar surface area (TPSA) is 54.9 Å². The monoisotopic (exact) mass is 355 g/mol. The highest BCUT2D eigenvalue weighted by Crippen LogP contribution is 2.49. The minimum atomic E-state index is -0.442. The quantitative estimate of drug-likeness (QED) is 0.748. The van der Waals surface area contributed by atoms with Crippen LogP contribution in [0.4, 0.5) is 5.69 Å². The minimum absolute atomic E-state index is 0.0211. The van der Waals surface area contributed by atoms with Crippen molar-refractivity contribution in [2.45, 2.75) is 18.3 Å². The van der Waals surface area contributed by atoms with E-state index in [1.807, 2.05) is 53.9 Å². The van der Waals surface area contributed by atoms with E-state index in [9.17, 15) is 4.79 Å². The molecule has 24 heavy (non-hydrogen) atoms. The van der Waals surface area contributed by atoms with E-state index in [0.717, 1.165) is 35.3 Å². The summed E-state index contributed by atoms with van der Waals surface area (Å²) in [5.41, 5.74) is 3.15. The Hall–Kier alpha value is -2.24. The molecule has 1 N–H and O–H groups in total. The molecule has 0 radical (unpaired) electrons. The maximum Gasteiger partial charge on any atom is 0.235 e. The Labute approximate surface area is 148 Å². The molecular formula is C18H14ClN3OS. The van der Waals surface area contributed by atoms with Crippen molar-refractivity contribution in [3.8, 4) is 11.3 Å². The van der Waals surface area contributed by atoms with Crippen LogP contribution in [0.5, 0.6) is 0 Å². The Morgan fingerprint density at radius 3 is 2.58 bits per heavy atom. The molecule has 4 nitrogen and oxygen atoms in total. The van der Waals surface area contributed by atoms with Gasteiger partial charge < -0.3 is 5.32 Å². The van der Waals surface area contributed by atoms with Gasteiger partial charge in [-0.25, -0.2) is 0 Å². The van der Waals surface area contributed by atoms with Crippen molar-refractivity contribution in [3.05, 3.63) is 64.5 Å². The summed E-state index contributed by atoms with van der Waals surface area (Å²) in [4.78, 5) is 12.7. The van der Waals surface area contributed by atoms with Gasteiger partial charge in [0.05, 0.1) is 5.41 Å². The summed E-state index contributed by atoms with van der Waals surface area (Å²) in [5.74, 6) is 0.0211. The third-order valence-corrected chi connectivity index (χ3v) is 5.10. The fraction of sp³-hybridized carbons (Fsp3) is 0.167. The molecule has 0 aliphatic heterocycles. The maximum atomic E-state index is 12.7. The van der Waals surface area contributed by atoms with Crippen molar-refractivity contribution in [3.63, 3.8) is 0 Å². The third-order valence-electron chi connectivity index (χ3n) is 4.36. The molecule has 120 valence electrons. The first kappa shape index (κ1) is 15.3. The SMILES string of the molecule is O=C(Nc1ccc(-c2csnn2)cc1)C1(c2cccc(Cl)c2)CC1. The summed E-state index contributed by atoms with van der Waals surface area (Å²) in [5, 5.41) is 9.62. The Morgan fingerprint density at radius 2 is 1.96 bits per heavy atom. The maximum absolute atomic E-state index is 12.7. The van der Waals surface area contributed by atoms with Crippen LogP contribution in [0.2, 0.25) is 5.02 Å². The molecule has 0 spiro atoms. The fourth-order valence-corrected chi connectivity index (χ4v) is 3.48. The van der Waals surface area contributed by atoms with Crippen molar-refractivity contribution in [1.82, 2.24) is 9.59 Å². The molecule has 0 bridgehead atoms. The predicted molar refractivity (Wildman–Crippen MR) is 96.3 cm³/mol. The number of hydrogen-bond donors (Lipinski definition) is 1. The smallest absolute Gasteiger partial charge is 0.235 e. The van der Waals surface area contributed by atoms with Crippen molar-refractivity contribution < 1.29 is 4.79 Å². The number of halogens is 1. The highest BCUT2D eigenvalue weighted by atomic mass is 35.5. The number of benzene rings is 2. The Morgan fingerprint density at radius 1 is 1.17 bits per heavy atom. The summed E-state index contributed by atoms with van der Waals surface area (Å²) in [6, 6.07) is 15.2. The summed E-state index contributed by atoms with van der Waals surface area (Å²) < 4.78 is 3.86. The molecular weight excluding hydrogens is 342 g/mol. The van der Waals surface area contributed by atoms with Crippen molar-refractivity contribution in [1.29, 1.82) is 0 Å². The van der Waals surface area contributed by atoms with Gasteiger partial charge in [-0.1, -0.05) is 40.4 Å². The van der Waals surface area contributed by atoms with Gasteiger partial charge in [-0.05, 0) is 54.2 Å². The molecule has 1 saturated carbocycles. The van der Waals surface area contributed by atoms with Crippen molar-refractivity contribution in [2.24, 2.45) is 0 Å². The fourth-order valence-electron chi connectivity index (χ4n) is 2.82. The predicted octanol–water partition coefficient (Wildman–Crippen LogP) is 4.53. The van der Waals surface area contributed by atoms with E-state index in [1.165, 1.54) is 11.5 Å². The molecule has 1 heterocycles. The number of aromatic nitrogens is 2. The van der Waals surface area contributed by atoms with Gasteiger partial charge in [-0.3, -0.25) is 4.79 Å². The van der Waals surface area contributed by atoms with E-state index in [-0.39, 0.29) is 5.91 Å². The Kier molecular flexibility index (Phi) is 3.82. The van der Waals surface area contributed by atoms with Gasteiger partial charge in [0.1, 0.15) is 5.69 Å². The molecule has 1 aromatic heterocycles. The molecule has 3 aromatic rings. The molecule has 1 aliphatic carbocycles. The van der Waals surface area contributed by atoms with E-state index in [2.05, 4.69) is 14.9 Å². The number of nitrogens with zero attached hydrogens (tertiary/aromatic N) is 2. The molecule has 0 unspecified atom stereocenters. The standard InChI is InChI=1S/C18H14ClN3OS/c19-14-3-1-2-13(10-14)18(8-9-18)17(23)20-15-6-4-12(5-7-15)16-11-24-22-21-16/h1-7,10-11H,8-9H2,(H,20,23). The number of rotatable bonds is 4. The van der Waals surface area contributed by atoms with Crippen LogP contribution >= 0.6 is 23.1 Å². The number of hydrogen-bond acceptors (Lipinski definition) is 4. The number of amides is 1. The van der Waals surface area contributed by atoms with Crippen molar-refractivity contribution >= 4 is 34.7 Å². The van der Waals surface area contributed by atoms with Gasteiger partial charge in [0.15, 0.2) is 0 Å². The molecule has 0 atom stereocenters. The highest BCUT2D eigenvalue weighted by Gasteiger charge is 2.51. The Balaban J connectivity index is 1.52. The first-order valence-electron chi connectivity index (χ1n) is 7.62. The lowest BCUT2D eigenvalue weighted by atomic mass is 9.95. The number of carbonyl (C=O) groups is 1. The lowest BCUT2D eigenvalue weighted by molar-refractivity contribution is -0.118. The van der Waals surface area contributed by atoms with Gasteiger partial charge in [0.25, 0.3) is 0 Å². The van der Waals surface area contributed by atoms with Crippen LogP contribution in [-0.4, -0.2) is 15.5 Å². The van der Waals surface area contributed by atoms with Crippen LogP contribution in [0.1, 0.15) is 18.4 Å². The lowest BCUT2D eigenvalue weighted by Crippen LogP contribution is -2.27. The zero-order valence-corrected chi connectivity index (χ0v) is 14.3. The second kappa shape index (κ2) is 6.00. The normalized spacial score (nSPS) is 15.0. The molecule has 0 saturated heterocycles. The number of nitrogens with one attached hydrogen (secondary N) is 1. The van der Waals surface area contributed by atoms with Crippen LogP contribution in [0, 0.1) is 0 Å². The summed E-state index contributed by atoms with van der Waals surface area (Å²) in [6.07, 6.45) is 1.70. The molecule has 6 heteroatoms. The van der Waals surface area contributed by atoms with Gasteiger partial charge in [-0.2, -0.15) is 0 Å². The molecule has 1 amide bonds. The molecule has 1 fully saturated rings.